The third-order valence-corrected chi connectivity index (χ3v) is 4.11. The number of amides is 1. The maximum atomic E-state index is 12.6. The van der Waals surface area contributed by atoms with E-state index in [1.807, 2.05) is 42.5 Å². The second-order valence-electron chi connectivity index (χ2n) is 5.91. The molecule has 0 radical (unpaired) electrons. The van der Waals surface area contributed by atoms with Gasteiger partial charge in [0.15, 0.2) is 6.04 Å². The number of aromatic nitrogens is 2. The van der Waals surface area contributed by atoms with Crippen molar-refractivity contribution in [2.45, 2.75) is 31.3 Å². The lowest BCUT2D eigenvalue weighted by molar-refractivity contribution is -0.149. The Balaban J connectivity index is 1.80. The van der Waals surface area contributed by atoms with E-state index >= 15 is 0 Å². The van der Waals surface area contributed by atoms with Crippen LogP contribution in [0.2, 0.25) is 0 Å². The number of rotatable bonds is 2. The Morgan fingerprint density at radius 1 is 1.12 bits per heavy atom. The number of hydrogen-bond acceptors (Lipinski definition) is 4. The van der Waals surface area contributed by atoms with Gasteiger partial charge in [0.2, 0.25) is 5.91 Å². The molecule has 1 N–H and O–H groups in total. The monoisotopic (exact) mass is 339 g/mol. The first kappa shape index (κ1) is 17.0. The van der Waals surface area contributed by atoms with Crippen LogP contribution in [0.3, 0.4) is 0 Å². The van der Waals surface area contributed by atoms with Gasteiger partial charge in [-0.05, 0) is 24.5 Å². The molecule has 3 rings (SSSR count). The molecule has 6 nitrogen and oxygen atoms in total. The van der Waals surface area contributed by atoms with Gasteiger partial charge in [0.25, 0.3) is 0 Å². The largest absolute Gasteiger partial charge is 0.462 e. The van der Waals surface area contributed by atoms with Gasteiger partial charge in [0.05, 0.1) is 6.04 Å². The lowest BCUT2D eigenvalue weighted by Gasteiger charge is -2.22. The van der Waals surface area contributed by atoms with Crippen molar-refractivity contribution in [1.82, 2.24) is 15.1 Å². The van der Waals surface area contributed by atoms with Crippen LogP contribution in [-0.2, 0) is 14.3 Å². The molecule has 130 valence electrons. The van der Waals surface area contributed by atoms with Crippen molar-refractivity contribution in [2.75, 3.05) is 6.61 Å². The van der Waals surface area contributed by atoms with E-state index in [1.54, 1.807) is 23.1 Å². The Morgan fingerprint density at radius 2 is 1.96 bits per heavy atom. The zero-order valence-electron chi connectivity index (χ0n) is 13.9. The summed E-state index contributed by atoms with van der Waals surface area (Å²) in [5.74, 6) is -0.414. The first-order valence-corrected chi connectivity index (χ1v) is 8.39. The molecule has 1 aromatic carbocycles. The summed E-state index contributed by atoms with van der Waals surface area (Å²) in [7, 11) is 0. The second-order valence-corrected chi connectivity index (χ2v) is 5.91. The molecule has 0 fully saturated rings. The van der Waals surface area contributed by atoms with E-state index in [-0.39, 0.29) is 24.5 Å². The standard InChI is InChI=1S/C19H21N3O3/c23-18-11-6-2-5-10-17(22-13-7-12-20-22)19(24)25-14-16(21-18)15-8-3-1-4-9-15/h1-5,7-9,12-13,16-17H,6,10-11,14H2,(H,21,23)/b5-2+/t16-,17+/m0/s1. The van der Waals surface area contributed by atoms with Crippen LogP contribution in [0.15, 0.2) is 60.9 Å². The molecule has 1 amide bonds. The number of nitrogens with one attached hydrogen (secondary N) is 1. The highest BCUT2D eigenvalue weighted by atomic mass is 16.5. The van der Waals surface area contributed by atoms with E-state index in [0.717, 1.165) is 5.56 Å². The van der Waals surface area contributed by atoms with Gasteiger partial charge in [-0.2, -0.15) is 5.10 Å². The minimum Gasteiger partial charge on any atom is -0.462 e. The van der Waals surface area contributed by atoms with Gasteiger partial charge in [-0.3, -0.25) is 9.48 Å². The van der Waals surface area contributed by atoms with Crippen LogP contribution in [-0.4, -0.2) is 28.3 Å². The molecule has 6 heteroatoms. The van der Waals surface area contributed by atoms with Crippen molar-refractivity contribution in [3.63, 3.8) is 0 Å². The SMILES string of the molecule is O=C1CC/C=C/C[C@@H](n2cccn2)C(=O)OC[C@@H](c2ccccc2)N1. The number of carbonyl (C=O) groups excluding carboxylic acids is 2. The predicted octanol–water partition coefficient (Wildman–Crippen LogP) is 2.57. The molecule has 0 saturated heterocycles. The van der Waals surface area contributed by atoms with Crippen LogP contribution in [0, 0.1) is 0 Å². The van der Waals surface area contributed by atoms with Crippen molar-refractivity contribution in [1.29, 1.82) is 0 Å². The molecule has 1 aliphatic rings. The lowest BCUT2D eigenvalue weighted by atomic mass is 10.1. The number of ether oxygens (including phenoxy) is 1. The molecule has 2 atom stereocenters. The average molecular weight is 339 g/mol. The second kappa shape index (κ2) is 8.28. The topological polar surface area (TPSA) is 73.2 Å². The highest BCUT2D eigenvalue weighted by Gasteiger charge is 2.24. The summed E-state index contributed by atoms with van der Waals surface area (Å²) >= 11 is 0. The predicted molar refractivity (Wildman–Crippen MR) is 92.5 cm³/mol. The van der Waals surface area contributed by atoms with Crippen LogP contribution in [0.1, 0.15) is 36.9 Å². The number of hydrogen-bond donors (Lipinski definition) is 1. The molecule has 1 aromatic heterocycles. The van der Waals surface area contributed by atoms with Gasteiger partial charge in [-0.1, -0.05) is 42.5 Å². The van der Waals surface area contributed by atoms with E-state index in [9.17, 15) is 9.59 Å². The van der Waals surface area contributed by atoms with Crippen molar-refractivity contribution in [3.8, 4) is 0 Å². The number of allylic oxidation sites excluding steroid dienone is 2. The van der Waals surface area contributed by atoms with E-state index < -0.39 is 6.04 Å². The van der Waals surface area contributed by atoms with Crippen LogP contribution >= 0.6 is 0 Å². The molecule has 0 unspecified atom stereocenters. The van der Waals surface area contributed by atoms with Crippen molar-refractivity contribution in [3.05, 3.63) is 66.5 Å². The summed E-state index contributed by atoms with van der Waals surface area (Å²) in [4.78, 5) is 24.7. The number of cyclic esters (lactones) is 1. The molecule has 0 aliphatic carbocycles. The number of nitrogens with zero attached hydrogens (tertiary/aromatic N) is 2. The molecular formula is C19H21N3O3. The van der Waals surface area contributed by atoms with E-state index in [4.69, 9.17) is 4.74 Å². The first-order chi connectivity index (χ1) is 12.2. The molecular weight excluding hydrogens is 318 g/mol. The zero-order chi connectivity index (χ0) is 17.5. The van der Waals surface area contributed by atoms with Gasteiger partial charge in [-0.25, -0.2) is 4.79 Å². The fourth-order valence-corrected chi connectivity index (χ4v) is 2.77. The highest BCUT2D eigenvalue weighted by molar-refractivity contribution is 5.77. The summed E-state index contributed by atoms with van der Waals surface area (Å²) in [5.41, 5.74) is 0.909. The molecule has 2 aromatic rings. The molecule has 25 heavy (non-hydrogen) atoms. The summed E-state index contributed by atoms with van der Waals surface area (Å²) < 4.78 is 7.12. The molecule has 1 aliphatic heterocycles. The zero-order valence-corrected chi connectivity index (χ0v) is 13.9. The van der Waals surface area contributed by atoms with Crippen LogP contribution in [0.4, 0.5) is 0 Å². The molecule has 0 bridgehead atoms. The maximum Gasteiger partial charge on any atom is 0.331 e. The number of benzene rings is 1. The van der Waals surface area contributed by atoms with Crippen LogP contribution in [0.25, 0.3) is 0 Å². The Labute approximate surface area is 146 Å². The maximum absolute atomic E-state index is 12.6. The van der Waals surface area contributed by atoms with Crippen molar-refractivity contribution >= 4 is 11.9 Å². The summed E-state index contributed by atoms with van der Waals surface area (Å²) in [6.45, 7) is 0.0933. The average Bonchev–Trinajstić information content (AvgIpc) is 3.15. The Morgan fingerprint density at radius 3 is 2.72 bits per heavy atom. The quantitative estimate of drug-likeness (QED) is 0.674. The van der Waals surface area contributed by atoms with Crippen LogP contribution in [0.5, 0.6) is 0 Å². The van der Waals surface area contributed by atoms with Crippen molar-refractivity contribution in [2.24, 2.45) is 0 Å². The number of carbonyl (C=O) groups is 2. The van der Waals surface area contributed by atoms with Gasteiger partial charge in [-0.15, -0.1) is 0 Å². The van der Waals surface area contributed by atoms with Gasteiger partial charge in [0.1, 0.15) is 6.61 Å². The van der Waals surface area contributed by atoms with Gasteiger partial charge in [0, 0.05) is 18.8 Å². The number of esters is 1. The van der Waals surface area contributed by atoms with Crippen molar-refractivity contribution < 1.29 is 14.3 Å². The Kier molecular flexibility index (Phi) is 5.61. The minimum atomic E-state index is -0.502. The lowest BCUT2D eigenvalue weighted by Crippen LogP contribution is -2.33. The molecule has 2 heterocycles. The third-order valence-electron chi connectivity index (χ3n) is 4.11. The Hall–Kier alpha value is -2.89. The van der Waals surface area contributed by atoms with Gasteiger partial charge < -0.3 is 10.1 Å². The Bertz CT molecular complexity index is 726. The van der Waals surface area contributed by atoms with E-state index in [0.29, 0.717) is 19.3 Å². The summed E-state index contributed by atoms with van der Waals surface area (Å²) in [5, 5.41) is 7.11. The normalized spacial score (nSPS) is 23.7. The fraction of sp³-hybridized carbons (Fsp3) is 0.316. The van der Waals surface area contributed by atoms with E-state index in [1.165, 1.54) is 0 Å². The smallest absolute Gasteiger partial charge is 0.331 e. The highest BCUT2D eigenvalue weighted by Crippen LogP contribution is 2.18. The minimum absolute atomic E-state index is 0.0567. The van der Waals surface area contributed by atoms with E-state index in [2.05, 4.69) is 10.4 Å². The summed E-state index contributed by atoms with van der Waals surface area (Å²) in [6, 6.07) is 10.4. The van der Waals surface area contributed by atoms with Crippen LogP contribution < -0.4 is 5.32 Å². The third kappa shape index (κ3) is 4.56. The van der Waals surface area contributed by atoms with Gasteiger partial charge >= 0.3 is 5.97 Å². The molecule has 0 saturated carbocycles. The summed E-state index contributed by atoms with van der Waals surface area (Å²) in [6.07, 6.45) is 8.73. The first-order valence-electron chi connectivity index (χ1n) is 8.39. The molecule has 0 spiro atoms. The fourth-order valence-electron chi connectivity index (χ4n) is 2.77.